The van der Waals surface area contributed by atoms with Crippen molar-refractivity contribution in [2.45, 2.75) is 57.0 Å². The second kappa shape index (κ2) is 6.50. The lowest BCUT2D eigenvalue weighted by atomic mass is 9.90. The molecule has 3 nitrogen and oxygen atoms in total. The molecule has 0 bridgehead atoms. The third-order valence-electron chi connectivity index (χ3n) is 5.51. The first-order valence-corrected chi connectivity index (χ1v) is 9.08. The van der Waals surface area contributed by atoms with Gasteiger partial charge in [-0.2, -0.15) is 0 Å². The van der Waals surface area contributed by atoms with E-state index in [1.807, 2.05) is 0 Å². The van der Waals surface area contributed by atoms with E-state index in [-0.39, 0.29) is 0 Å². The summed E-state index contributed by atoms with van der Waals surface area (Å²) in [5.41, 5.74) is 11.6. The smallest absolute Gasteiger partial charge is 0.0457 e. The average molecular weight is 309 g/mol. The first kappa shape index (κ1) is 15.0. The summed E-state index contributed by atoms with van der Waals surface area (Å²) in [6, 6.07) is 7.93. The van der Waals surface area contributed by atoms with Gasteiger partial charge < -0.3 is 16.0 Å². The van der Waals surface area contributed by atoms with Gasteiger partial charge >= 0.3 is 0 Å². The van der Waals surface area contributed by atoms with Gasteiger partial charge in [0.2, 0.25) is 0 Å². The Morgan fingerprint density at radius 1 is 1.22 bits per heavy atom. The first-order valence-electron chi connectivity index (χ1n) is 9.08. The molecule has 1 fully saturated rings. The van der Waals surface area contributed by atoms with Gasteiger partial charge in [-0.1, -0.05) is 12.1 Å². The van der Waals surface area contributed by atoms with Crippen LogP contribution in [0.25, 0.3) is 16.5 Å². The zero-order valence-electron chi connectivity index (χ0n) is 13.8. The molecule has 1 aliphatic carbocycles. The maximum absolute atomic E-state index is 6.02. The van der Waals surface area contributed by atoms with Gasteiger partial charge in [-0.15, -0.1) is 0 Å². The van der Waals surface area contributed by atoms with Crippen LogP contribution in [0.4, 0.5) is 0 Å². The van der Waals surface area contributed by atoms with Crippen molar-refractivity contribution in [3.05, 3.63) is 41.6 Å². The summed E-state index contributed by atoms with van der Waals surface area (Å²) in [5, 5.41) is 5.00. The van der Waals surface area contributed by atoms with Crippen molar-refractivity contribution in [1.29, 1.82) is 0 Å². The summed E-state index contributed by atoms with van der Waals surface area (Å²) in [5.74, 6) is 0. The van der Waals surface area contributed by atoms with Crippen molar-refractivity contribution in [2.75, 3.05) is 6.54 Å². The fraction of sp³-hybridized carbons (Fsp3) is 0.500. The van der Waals surface area contributed by atoms with E-state index in [2.05, 4.69) is 40.8 Å². The predicted molar refractivity (Wildman–Crippen MR) is 97.4 cm³/mol. The third-order valence-corrected chi connectivity index (χ3v) is 5.51. The number of rotatable bonds is 4. The van der Waals surface area contributed by atoms with Crippen LogP contribution in [-0.2, 0) is 6.42 Å². The SMILES string of the molecule is NC1CC=C(c2ccc3[nH]cc(CCC4CCCN4)c3c2)CC1. The van der Waals surface area contributed by atoms with E-state index in [0.29, 0.717) is 12.1 Å². The highest BCUT2D eigenvalue weighted by Crippen LogP contribution is 2.30. The predicted octanol–water partition coefficient (Wildman–Crippen LogP) is 3.75. The topological polar surface area (TPSA) is 53.8 Å². The summed E-state index contributed by atoms with van der Waals surface area (Å²) >= 11 is 0. The number of allylic oxidation sites excluding steroid dienone is 1. The van der Waals surface area contributed by atoms with Crippen LogP contribution in [0, 0.1) is 0 Å². The Morgan fingerprint density at radius 2 is 2.17 bits per heavy atom. The van der Waals surface area contributed by atoms with E-state index in [1.165, 1.54) is 53.4 Å². The second-order valence-corrected chi connectivity index (χ2v) is 7.17. The second-order valence-electron chi connectivity index (χ2n) is 7.17. The third kappa shape index (κ3) is 3.22. The number of H-pyrrole nitrogens is 1. The number of hydrogen-bond acceptors (Lipinski definition) is 2. The Kier molecular flexibility index (Phi) is 4.23. The standard InChI is InChI=1S/C20H27N3/c21-17-7-3-14(4-8-17)15-6-10-20-19(12-15)16(13-23-20)5-9-18-2-1-11-22-18/h3,6,10,12-13,17-18,22-23H,1-2,4-5,7-9,11,21H2. The lowest BCUT2D eigenvalue weighted by Gasteiger charge is -2.18. The van der Waals surface area contributed by atoms with Crippen LogP contribution in [0.15, 0.2) is 30.5 Å². The molecule has 2 atom stereocenters. The first-order chi connectivity index (χ1) is 11.3. The highest BCUT2D eigenvalue weighted by Gasteiger charge is 2.16. The minimum Gasteiger partial charge on any atom is -0.361 e. The molecule has 2 heterocycles. The summed E-state index contributed by atoms with van der Waals surface area (Å²) in [4.78, 5) is 3.44. The van der Waals surface area contributed by atoms with E-state index in [0.717, 1.165) is 25.7 Å². The maximum Gasteiger partial charge on any atom is 0.0457 e. The average Bonchev–Trinajstić information content (AvgIpc) is 3.22. The lowest BCUT2D eigenvalue weighted by Crippen LogP contribution is -2.21. The highest BCUT2D eigenvalue weighted by atomic mass is 14.9. The molecule has 4 N–H and O–H groups in total. The quantitative estimate of drug-likeness (QED) is 0.805. The molecule has 0 amide bonds. The van der Waals surface area contributed by atoms with Gasteiger partial charge in [-0.3, -0.25) is 0 Å². The Morgan fingerprint density at radius 3 is 2.96 bits per heavy atom. The number of hydrogen-bond donors (Lipinski definition) is 3. The zero-order chi connectivity index (χ0) is 15.6. The molecule has 0 saturated carbocycles. The van der Waals surface area contributed by atoms with Crippen molar-refractivity contribution >= 4 is 16.5 Å². The van der Waals surface area contributed by atoms with Crippen molar-refractivity contribution in [2.24, 2.45) is 5.73 Å². The van der Waals surface area contributed by atoms with Crippen LogP contribution in [0.1, 0.15) is 49.7 Å². The maximum atomic E-state index is 6.02. The Hall–Kier alpha value is -1.58. The van der Waals surface area contributed by atoms with E-state index < -0.39 is 0 Å². The molecule has 2 aliphatic rings. The van der Waals surface area contributed by atoms with E-state index in [4.69, 9.17) is 5.73 Å². The van der Waals surface area contributed by atoms with Crippen LogP contribution in [-0.4, -0.2) is 23.6 Å². The number of benzene rings is 1. The van der Waals surface area contributed by atoms with Crippen LogP contribution in [0.3, 0.4) is 0 Å². The van der Waals surface area contributed by atoms with Gasteiger partial charge in [0, 0.05) is 29.2 Å². The molecule has 1 saturated heterocycles. The molecule has 0 spiro atoms. The molecular weight excluding hydrogens is 282 g/mol. The van der Waals surface area contributed by atoms with Gasteiger partial charge in [0.15, 0.2) is 0 Å². The van der Waals surface area contributed by atoms with Crippen LogP contribution >= 0.6 is 0 Å². The minimum absolute atomic E-state index is 0.351. The summed E-state index contributed by atoms with van der Waals surface area (Å²) in [7, 11) is 0. The Labute approximate surface area is 138 Å². The monoisotopic (exact) mass is 309 g/mol. The fourth-order valence-electron chi connectivity index (χ4n) is 4.03. The molecule has 1 aromatic carbocycles. The molecular formula is C20H27N3. The van der Waals surface area contributed by atoms with E-state index in [1.54, 1.807) is 0 Å². The molecule has 1 aliphatic heterocycles. The van der Waals surface area contributed by atoms with Crippen molar-refractivity contribution in [1.82, 2.24) is 10.3 Å². The van der Waals surface area contributed by atoms with Crippen LogP contribution < -0.4 is 11.1 Å². The van der Waals surface area contributed by atoms with Crippen molar-refractivity contribution < 1.29 is 0 Å². The van der Waals surface area contributed by atoms with E-state index >= 15 is 0 Å². The van der Waals surface area contributed by atoms with Gasteiger partial charge in [-0.05, 0) is 80.3 Å². The number of aryl methyl sites for hydroxylation is 1. The van der Waals surface area contributed by atoms with Crippen LogP contribution in [0.2, 0.25) is 0 Å². The van der Waals surface area contributed by atoms with Gasteiger partial charge in [0.25, 0.3) is 0 Å². The number of nitrogens with one attached hydrogen (secondary N) is 2. The van der Waals surface area contributed by atoms with Gasteiger partial charge in [-0.25, -0.2) is 0 Å². The highest BCUT2D eigenvalue weighted by molar-refractivity contribution is 5.87. The summed E-state index contributed by atoms with van der Waals surface area (Å²) in [6.07, 6.45) is 12.8. The fourth-order valence-corrected chi connectivity index (χ4v) is 4.03. The molecule has 0 radical (unpaired) electrons. The number of aromatic nitrogens is 1. The zero-order valence-corrected chi connectivity index (χ0v) is 13.8. The summed E-state index contributed by atoms with van der Waals surface area (Å²) < 4.78 is 0. The van der Waals surface area contributed by atoms with E-state index in [9.17, 15) is 0 Å². The summed E-state index contributed by atoms with van der Waals surface area (Å²) in [6.45, 7) is 1.19. The number of fused-ring (bicyclic) bond motifs is 1. The molecule has 4 rings (SSSR count). The van der Waals surface area contributed by atoms with Crippen LogP contribution in [0.5, 0.6) is 0 Å². The largest absolute Gasteiger partial charge is 0.361 e. The lowest BCUT2D eigenvalue weighted by molar-refractivity contribution is 0.560. The van der Waals surface area contributed by atoms with Crippen molar-refractivity contribution in [3.63, 3.8) is 0 Å². The molecule has 2 aromatic rings. The Bertz CT molecular complexity index is 707. The number of aromatic amines is 1. The molecule has 3 heteroatoms. The van der Waals surface area contributed by atoms with Gasteiger partial charge in [0.05, 0.1) is 0 Å². The normalized spacial score (nSPS) is 25.0. The van der Waals surface area contributed by atoms with Crippen molar-refractivity contribution in [3.8, 4) is 0 Å². The molecule has 23 heavy (non-hydrogen) atoms. The Balaban J connectivity index is 1.56. The molecule has 1 aromatic heterocycles. The van der Waals surface area contributed by atoms with Gasteiger partial charge in [0.1, 0.15) is 0 Å². The minimum atomic E-state index is 0.351. The molecule has 2 unspecified atom stereocenters. The number of nitrogens with two attached hydrogens (primary N) is 1. The molecule has 122 valence electrons.